The van der Waals surface area contributed by atoms with Crippen molar-refractivity contribution in [3.8, 4) is 0 Å². The lowest BCUT2D eigenvalue weighted by molar-refractivity contribution is -0.165. The minimum absolute atomic E-state index is 0.126. The molecule has 5 nitrogen and oxygen atoms in total. The summed E-state index contributed by atoms with van der Waals surface area (Å²) in [6.45, 7) is 9.78. The van der Waals surface area contributed by atoms with Gasteiger partial charge in [0.25, 0.3) is 0 Å². The second-order valence-corrected chi connectivity index (χ2v) is 15.3. The van der Waals surface area contributed by atoms with E-state index in [0.29, 0.717) is 12.8 Å². The average molecular weight is 674 g/mol. The molecule has 0 aliphatic carbocycles. The summed E-state index contributed by atoms with van der Waals surface area (Å²) in [4.78, 5) is 39.3. The van der Waals surface area contributed by atoms with Crippen LogP contribution in [0, 0.1) is 0 Å². The van der Waals surface area contributed by atoms with Crippen LogP contribution in [0.4, 0.5) is 0 Å². The van der Waals surface area contributed by atoms with E-state index in [1.807, 2.05) is 0 Å². The highest BCUT2D eigenvalue weighted by molar-refractivity contribution is 6.11. The van der Waals surface area contributed by atoms with Crippen LogP contribution in [0.2, 0.25) is 0 Å². The van der Waals surface area contributed by atoms with Gasteiger partial charge in [-0.3, -0.25) is 9.59 Å². The molecular weight excluding hydrogens is 594 g/mol. The van der Waals surface area contributed by atoms with Crippen LogP contribution in [0.5, 0.6) is 0 Å². The number of ketones is 2. The molecule has 0 bridgehead atoms. The molecule has 0 saturated carbocycles. The third-order valence-corrected chi connectivity index (χ3v) is 9.12. The van der Waals surface area contributed by atoms with Gasteiger partial charge in [-0.15, -0.1) is 0 Å². The normalized spacial score (nSPS) is 13.4. The lowest BCUT2D eigenvalue weighted by Crippen LogP contribution is -2.58. The lowest BCUT2D eigenvalue weighted by atomic mass is 9.85. The molecule has 0 rings (SSSR count). The highest BCUT2D eigenvalue weighted by atomic mass is 16.6. The number of carbonyl (C=O) groups is 3. The van der Waals surface area contributed by atoms with E-state index in [-0.39, 0.29) is 24.4 Å². The van der Waals surface area contributed by atoms with Gasteiger partial charge in [0.2, 0.25) is 0 Å². The third-order valence-electron chi connectivity index (χ3n) is 9.12. The van der Waals surface area contributed by atoms with E-state index in [2.05, 4.69) is 38.2 Å². The van der Waals surface area contributed by atoms with Crippen molar-refractivity contribution in [2.75, 3.05) is 0 Å². The molecule has 0 amide bonds. The minimum Gasteiger partial charge on any atom is -0.458 e. The van der Waals surface area contributed by atoms with Gasteiger partial charge in [0.1, 0.15) is 11.4 Å². The highest BCUT2D eigenvalue weighted by Crippen LogP contribution is 2.22. The second kappa shape index (κ2) is 31.2. The summed E-state index contributed by atoms with van der Waals surface area (Å²) in [5.74, 6) is -1.27. The van der Waals surface area contributed by atoms with Crippen LogP contribution in [-0.4, -0.2) is 28.7 Å². The number of allylic oxidation sites excluding steroid dienone is 4. The Balaban J connectivity index is 4.30. The van der Waals surface area contributed by atoms with Gasteiger partial charge in [0.15, 0.2) is 11.3 Å². The summed E-state index contributed by atoms with van der Waals surface area (Å²) in [6.07, 6.45) is 40.4. The molecule has 0 aliphatic rings. The van der Waals surface area contributed by atoms with Crippen LogP contribution in [0.3, 0.4) is 0 Å². The minimum atomic E-state index is -1.90. The zero-order valence-electron chi connectivity index (χ0n) is 32.5. The van der Waals surface area contributed by atoms with E-state index < -0.39 is 17.1 Å². The fourth-order valence-corrected chi connectivity index (χ4v) is 6.03. The summed E-state index contributed by atoms with van der Waals surface area (Å²) in [7, 11) is 0. The van der Waals surface area contributed by atoms with Gasteiger partial charge in [-0.05, 0) is 85.0 Å². The first-order valence-electron chi connectivity index (χ1n) is 20.4. The van der Waals surface area contributed by atoms with Gasteiger partial charge in [0.05, 0.1) is 0 Å². The molecule has 5 heteroatoms. The van der Waals surface area contributed by atoms with E-state index >= 15 is 0 Å². The molecule has 0 aromatic carbocycles. The van der Waals surface area contributed by atoms with Crippen molar-refractivity contribution in [2.24, 2.45) is 5.73 Å². The molecule has 280 valence electrons. The Morgan fingerprint density at radius 2 is 0.833 bits per heavy atom. The third kappa shape index (κ3) is 28.1. The molecule has 0 aromatic heterocycles. The van der Waals surface area contributed by atoms with Crippen molar-refractivity contribution >= 4 is 17.5 Å². The Kier molecular flexibility index (Phi) is 30.1. The number of esters is 1. The van der Waals surface area contributed by atoms with Crippen LogP contribution in [0.1, 0.15) is 221 Å². The van der Waals surface area contributed by atoms with Crippen LogP contribution in [-0.2, 0) is 19.1 Å². The maximum Gasteiger partial charge on any atom is 0.334 e. The molecule has 0 saturated heterocycles. The fourth-order valence-electron chi connectivity index (χ4n) is 6.03. The Hall–Kier alpha value is -1.75. The fraction of sp³-hybridized carbons (Fsp3) is 0.837. The number of rotatable bonds is 34. The molecule has 0 fully saturated rings. The number of unbranched alkanes of at least 4 members (excludes halogenated alkanes) is 22. The molecular formula is C43H79NO4. The predicted molar refractivity (Wildman–Crippen MR) is 206 cm³/mol. The number of Topliss-reactive ketones (excluding diaryl/α,β-unsaturated/α-hetero) is 2. The van der Waals surface area contributed by atoms with Gasteiger partial charge >= 0.3 is 5.97 Å². The van der Waals surface area contributed by atoms with Crippen molar-refractivity contribution in [2.45, 2.75) is 232 Å². The van der Waals surface area contributed by atoms with E-state index in [1.165, 1.54) is 96.3 Å². The smallest absolute Gasteiger partial charge is 0.334 e. The largest absolute Gasteiger partial charge is 0.458 e. The number of nitrogens with two attached hydrogens (primary N) is 1. The molecule has 0 radical (unpaired) electrons. The predicted octanol–water partition coefficient (Wildman–Crippen LogP) is 12.6. The molecule has 2 N–H and O–H groups in total. The molecule has 1 unspecified atom stereocenters. The van der Waals surface area contributed by atoms with Crippen LogP contribution >= 0.6 is 0 Å². The second-order valence-electron chi connectivity index (χ2n) is 15.3. The van der Waals surface area contributed by atoms with E-state index in [4.69, 9.17) is 10.5 Å². The Labute approximate surface area is 298 Å². The monoisotopic (exact) mass is 674 g/mol. The zero-order valence-corrected chi connectivity index (χ0v) is 32.5. The van der Waals surface area contributed by atoms with Crippen LogP contribution in [0.15, 0.2) is 24.3 Å². The first kappa shape index (κ1) is 46.2. The molecule has 0 spiro atoms. The first-order chi connectivity index (χ1) is 23.1. The Morgan fingerprint density at radius 3 is 1.21 bits per heavy atom. The summed E-state index contributed by atoms with van der Waals surface area (Å²) >= 11 is 0. The SMILES string of the molecule is CCCCCCCC/C=C\CCCCCCCC(=O)CC(N)(C(=O)CCCCCCC/C=C\CCCCCCCC)C(=O)OC(C)(C)C. The van der Waals surface area contributed by atoms with Crippen molar-refractivity contribution in [3.63, 3.8) is 0 Å². The van der Waals surface area contributed by atoms with Crippen molar-refractivity contribution < 1.29 is 19.1 Å². The number of hydrogen-bond acceptors (Lipinski definition) is 5. The average Bonchev–Trinajstić information content (AvgIpc) is 3.03. The van der Waals surface area contributed by atoms with Crippen LogP contribution < -0.4 is 5.73 Å². The molecule has 48 heavy (non-hydrogen) atoms. The maximum absolute atomic E-state index is 13.3. The van der Waals surface area contributed by atoms with Crippen molar-refractivity contribution in [1.82, 2.24) is 0 Å². The number of hydrogen-bond donors (Lipinski definition) is 1. The molecule has 0 aliphatic heterocycles. The maximum atomic E-state index is 13.3. The molecule has 0 heterocycles. The Morgan fingerprint density at radius 1 is 0.500 bits per heavy atom. The zero-order chi connectivity index (χ0) is 35.8. The van der Waals surface area contributed by atoms with E-state index in [0.717, 1.165) is 64.2 Å². The first-order valence-corrected chi connectivity index (χ1v) is 20.4. The Bertz CT molecular complexity index is 855. The number of carbonyl (C=O) groups excluding carboxylic acids is 3. The van der Waals surface area contributed by atoms with Gasteiger partial charge in [-0.2, -0.15) is 0 Å². The topological polar surface area (TPSA) is 86.5 Å². The number of ether oxygens (including phenoxy) is 1. The summed E-state index contributed by atoms with van der Waals surface area (Å²) in [6, 6.07) is 0. The quantitative estimate of drug-likeness (QED) is 0.0318. The molecule has 1 atom stereocenters. The lowest BCUT2D eigenvalue weighted by Gasteiger charge is -2.30. The summed E-state index contributed by atoms with van der Waals surface area (Å²) in [5, 5.41) is 0. The van der Waals surface area contributed by atoms with Gasteiger partial charge in [0, 0.05) is 19.3 Å². The van der Waals surface area contributed by atoms with Gasteiger partial charge < -0.3 is 10.5 Å². The molecule has 0 aromatic rings. The van der Waals surface area contributed by atoms with Gasteiger partial charge in [-0.25, -0.2) is 4.79 Å². The van der Waals surface area contributed by atoms with Crippen LogP contribution in [0.25, 0.3) is 0 Å². The van der Waals surface area contributed by atoms with Crippen molar-refractivity contribution in [1.29, 1.82) is 0 Å². The highest BCUT2D eigenvalue weighted by Gasteiger charge is 2.45. The van der Waals surface area contributed by atoms with E-state index in [1.54, 1.807) is 20.8 Å². The van der Waals surface area contributed by atoms with Crippen molar-refractivity contribution in [3.05, 3.63) is 24.3 Å². The van der Waals surface area contributed by atoms with Gasteiger partial charge in [-0.1, -0.05) is 141 Å². The standard InChI is InChI=1S/C43H79NO4/c1-6-8-10-12-14-16-18-20-22-24-26-28-30-32-34-36-39(45)38-43(44,41(47)48-42(3,4)5)40(46)37-35-33-31-29-27-25-23-21-19-17-15-13-11-9-7-2/h20-23H,6-19,24-38,44H2,1-5H3/b22-20-,23-21-. The summed E-state index contributed by atoms with van der Waals surface area (Å²) < 4.78 is 5.54. The summed E-state index contributed by atoms with van der Waals surface area (Å²) in [5.41, 5.74) is 3.77. The van der Waals surface area contributed by atoms with E-state index in [9.17, 15) is 14.4 Å².